The Labute approximate surface area is 238 Å². The summed E-state index contributed by atoms with van der Waals surface area (Å²) in [4.78, 5) is 57.3. The monoisotopic (exact) mass is 582 g/mol. The molecule has 3 aromatic rings. The van der Waals surface area contributed by atoms with Crippen molar-refractivity contribution in [3.05, 3.63) is 58.1 Å². The van der Waals surface area contributed by atoms with Gasteiger partial charge in [0.2, 0.25) is 5.91 Å². The van der Waals surface area contributed by atoms with Gasteiger partial charge in [0.1, 0.15) is 25.3 Å². The van der Waals surface area contributed by atoms with Crippen molar-refractivity contribution in [2.45, 2.75) is 25.4 Å². The van der Waals surface area contributed by atoms with E-state index in [2.05, 4.69) is 15.6 Å². The molecule has 0 bridgehead atoms. The van der Waals surface area contributed by atoms with Crippen LogP contribution in [0.5, 0.6) is 23.0 Å². The number of urea groups is 1. The van der Waals surface area contributed by atoms with Gasteiger partial charge in [-0.2, -0.15) is 0 Å². The molecule has 3 N–H and O–H groups in total. The van der Waals surface area contributed by atoms with E-state index < -0.39 is 35.9 Å². The highest BCUT2D eigenvalue weighted by Crippen LogP contribution is 2.35. The molecule has 2 aromatic carbocycles. The number of aryl methyl sites for hydroxylation is 1. The van der Waals surface area contributed by atoms with Gasteiger partial charge in [-0.3, -0.25) is 9.59 Å². The van der Waals surface area contributed by atoms with Gasteiger partial charge in [-0.05, 0) is 42.3 Å². The summed E-state index contributed by atoms with van der Waals surface area (Å²) in [5, 5.41) is 14.6. The standard InChI is InChI=1S/C27H26N4O9S/c1-13-21(25(34)35)28-26(41-13)30-23(32)16(10-14-4-6-17(37-2)19(11-14)38-3)31-24(33)22(29-27(31)36)15-5-7-18-20(12-15)40-9-8-39-18/h4-7,11-12,16,22H,8-10H2,1-3H3,(H,29,36)(H,34,35)(H,28,30,32)/t16-,22?/m0/s1. The van der Waals surface area contributed by atoms with Gasteiger partial charge in [0.15, 0.2) is 33.8 Å². The number of carbonyl (C=O) groups is 4. The van der Waals surface area contributed by atoms with Crippen LogP contribution < -0.4 is 29.6 Å². The Bertz CT molecular complexity index is 1540. The second kappa shape index (κ2) is 11.3. The quantitative estimate of drug-likeness (QED) is 0.319. The minimum absolute atomic E-state index is 0.0256. The lowest BCUT2D eigenvalue weighted by Gasteiger charge is -2.25. The molecule has 2 atom stereocenters. The van der Waals surface area contributed by atoms with E-state index in [1.807, 2.05) is 0 Å². The number of ether oxygens (including phenoxy) is 4. The molecule has 41 heavy (non-hydrogen) atoms. The number of carbonyl (C=O) groups excluding carboxylic acids is 3. The maximum Gasteiger partial charge on any atom is 0.355 e. The molecular formula is C27H26N4O9S. The third-order valence-corrected chi connectivity index (χ3v) is 7.48. The van der Waals surface area contributed by atoms with Crippen LogP contribution >= 0.6 is 11.3 Å². The Hall–Kier alpha value is -4.85. The normalized spacial score (nSPS) is 16.7. The molecule has 0 aliphatic carbocycles. The van der Waals surface area contributed by atoms with Crippen LogP contribution in [0.15, 0.2) is 36.4 Å². The number of imide groups is 1. The first-order chi connectivity index (χ1) is 19.7. The van der Waals surface area contributed by atoms with Crippen LogP contribution in [-0.2, 0) is 16.0 Å². The Balaban J connectivity index is 1.47. The molecule has 4 amide bonds. The van der Waals surface area contributed by atoms with E-state index in [-0.39, 0.29) is 17.2 Å². The zero-order chi connectivity index (χ0) is 29.3. The van der Waals surface area contributed by atoms with Gasteiger partial charge in [0.05, 0.1) is 14.2 Å². The Morgan fingerprint density at radius 1 is 1.12 bits per heavy atom. The summed E-state index contributed by atoms with van der Waals surface area (Å²) < 4.78 is 21.8. The van der Waals surface area contributed by atoms with Crippen LogP contribution in [0.3, 0.4) is 0 Å². The third-order valence-electron chi connectivity index (χ3n) is 6.59. The highest BCUT2D eigenvalue weighted by molar-refractivity contribution is 7.16. The largest absolute Gasteiger partial charge is 0.493 e. The van der Waals surface area contributed by atoms with Gasteiger partial charge in [-0.25, -0.2) is 19.5 Å². The number of fused-ring (bicyclic) bond motifs is 1. The van der Waals surface area contributed by atoms with Gasteiger partial charge >= 0.3 is 12.0 Å². The SMILES string of the molecule is COc1ccc(C[C@@H](C(=O)Nc2nc(C(=O)O)c(C)s2)N2C(=O)NC(c3ccc4c(c3)OCCO4)C2=O)cc1OC. The summed E-state index contributed by atoms with van der Waals surface area (Å²) in [6.45, 7) is 2.31. The number of amides is 4. The number of nitrogens with zero attached hydrogens (tertiary/aromatic N) is 2. The molecule has 0 saturated carbocycles. The summed E-state index contributed by atoms with van der Waals surface area (Å²) in [5.74, 6) is -0.772. The number of carboxylic acids is 1. The van der Waals surface area contributed by atoms with Gasteiger partial charge in [0, 0.05) is 11.3 Å². The van der Waals surface area contributed by atoms with Crippen LogP contribution in [-0.4, -0.2) is 72.3 Å². The number of hydrogen-bond acceptors (Lipinski definition) is 10. The van der Waals surface area contributed by atoms with Crippen LogP contribution in [0.25, 0.3) is 0 Å². The number of benzene rings is 2. The lowest BCUT2D eigenvalue weighted by Crippen LogP contribution is -2.49. The van der Waals surface area contributed by atoms with Crippen molar-refractivity contribution >= 4 is 40.3 Å². The maximum absolute atomic E-state index is 13.7. The number of nitrogens with one attached hydrogen (secondary N) is 2. The topological polar surface area (TPSA) is 166 Å². The van der Waals surface area contributed by atoms with Crippen molar-refractivity contribution in [3.8, 4) is 23.0 Å². The zero-order valence-corrected chi connectivity index (χ0v) is 23.1. The molecule has 1 unspecified atom stereocenters. The molecule has 0 spiro atoms. The molecule has 214 valence electrons. The summed E-state index contributed by atoms with van der Waals surface area (Å²) in [5.41, 5.74) is 0.838. The number of anilines is 1. The third kappa shape index (κ3) is 5.45. The lowest BCUT2D eigenvalue weighted by atomic mass is 10.0. The first-order valence-electron chi connectivity index (χ1n) is 12.5. The molecule has 0 radical (unpaired) electrons. The summed E-state index contributed by atoms with van der Waals surface area (Å²) >= 11 is 0.970. The van der Waals surface area contributed by atoms with Crippen LogP contribution in [0.1, 0.15) is 32.5 Å². The van der Waals surface area contributed by atoms with Crippen LogP contribution in [0.4, 0.5) is 9.93 Å². The zero-order valence-electron chi connectivity index (χ0n) is 22.3. The fourth-order valence-corrected chi connectivity index (χ4v) is 5.43. The molecule has 1 aromatic heterocycles. The van der Waals surface area contributed by atoms with E-state index in [1.54, 1.807) is 43.3 Å². The molecule has 1 saturated heterocycles. The van der Waals surface area contributed by atoms with E-state index >= 15 is 0 Å². The predicted octanol–water partition coefficient (Wildman–Crippen LogP) is 2.78. The van der Waals surface area contributed by atoms with Gasteiger partial charge in [-0.15, -0.1) is 11.3 Å². The second-order valence-corrected chi connectivity index (χ2v) is 10.3. The number of rotatable bonds is 9. The van der Waals surface area contributed by atoms with Gasteiger partial charge < -0.3 is 34.7 Å². The fraction of sp³-hybridized carbons (Fsp3) is 0.296. The average Bonchev–Trinajstić information content (AvgIpc) is 3.48. The Morgan fingerprint density at radius 2 is 1.85 bits per heavy atom. The first-order valence-corrected chi connectivity index (χ1v) is 13.3. The molecule has 1 fully saturated rings. The molecule has 5 rings (SSSR count). The lowest BCUT2D eigenvalue weighted by molar-refractivity contribution is -0.134. The summed E-state index contributed by atoms with van der Waals surface area (Å²) in [6, 6.07) is 6.75. The van der Waals surface area contributed by atoms with E-state index in [1.165, 1.54) is 14.2 Å². The molecule has 2 aliphatic heterocycles. The average molecular weight is 583 g/mol. The Morgan fingerprint density at radius 3 is 2.54 bits per heavy atom. The highest BCUT2D eigenvalue weighted by Gasteiger charge is 2.46. The van der Waals surface area contributed by atoms with E-state index in [4.69, 9.17) is 18.9 Å². The molecule has 3 heterocycles. The molecule has 13 nitrogen and oxygen atoms in total. The second-order valence-electron chi connectivity index (χ2n) is 9.12. The summed E-state index contributed by atoms with van der Waals surface area (Å²) in [6.07, 6.45) is -0.0741. The summed E-state index contributed by atoms with van der Waals surface area (Å²) in [7, 11) is 2.95. The van der Waals surface area contributed by atoms with Crippen LogP contribution in [0, 0.1) is 6.92 Å². The van der Waals surface area contributed by atoms with Crippen LogP contribution in [0.2, 0.25) is 0 Å². The van der Waals surface area contributed by atoms with Crippen molar-refractivity contribution < 1.29 is 43.2 Å². The fourth-order valence-electron chi connectivity index (χ4n) is 4.62. The predicted molar refractivity (Wildman–Crippen MR) is 145 cm³/mol. The minimum Gasteiger partial charge on any atom is -0.493 e. The number of thiazole rings is 1. The first kappa shape index (κ1) is 27.7. The number of carboxylic acid groups (broad SMARTS) is 1. The van der Waals surface area contributed by atoms with Crippen molar-refractivity contribution in [1.82, 2.24) is 15.2 Å². The Kier molecular flexibility index (Phi) is 7.66. The van der Waals surface area contributed by atoms with E-state index in [0.717, 1.165) is 16.2 Å². The van der Waals surface area contributed by atoms with Gasteiger partial charge in [0.25, 0.3) is 5.91 Å². The number of hydrogen-bond donors (Lipinski definition) is 3. The van der Waals surface area contributed by atoms with E-state index in [9.17, 15) is 24.3 Å². The van der Waals surface area contributed by atoms with Crippen molar-refractivity contribution in [3.63, 3.8) is 0 Å². The molecule has 2 aliphatic rings. The number of aromatic nitrogens is 1. The minimum atomic E-state index is -1.32. The van der Waals surface area contributed by atoms with E-state index in [0.29, 0.717) is 52.2 Å². The smallest absolute Gasteiger partial charge is 0.355 e. The van der Waals surface area contributed by atoms with Crippen molar-refractivity contribution in [2.75, 3.05) is 32.8 Å². The van der Waals surface area contributed by atoms with Crippen molar-refractivity contribution in [2.24, 2.45) is 0 Å². The number of aromatic carboxylic acids is 1. The van der Waals surface area contributed by atoms with Crippen molar-refractivity contribution in [1.29, 1.82) is 0 Å². The molecule has 14 heteroatoms. The number of methoxy groups -OCH3 is 2. The maximum atomic E-state index is 13.7. The highest BCUT2D eigenvalue weighted by atomic mass is 32.1. The van der Waals surface area contributed by atoms with Gasteiger partial charge in [-0.1, -0.05) is 12.1 Å². The molecular weight excluding hydrogens is 556 g/mol.